The lowest BCUT2D eigenvalue weighted by Gasteiger charge is -2.49. The first-order valence-electron chi connectivity index (χ1n) is 12.7. The van der Waals surface area contributed by atoms with E-state index in [-0.39, 0.29) is 57.4 Å². The molecule has 0 spiro atoms. The molecule has 2 aliphatic rings. The van der Waals surface area contributed by atoms with E-state index in [9.17, 15) is 29.4 Å². The number of fused-ring (bicyclic) bond motifs is 2. The molecular weight excluding hydrogens is 669 g/mol. The summed E-state index contributed by atoms with van der Waals surface area (Å²) in [6, 6.07) is 2.50. The zero-order chi connectivity index (χ0) is 32.4. The molecule has 5 rings (SSSR count). The van der Waals surface area contributed by atoms with Crippen molar-refractivity contribution in [3.63, 3.8) is 0 Å². The molecule has 1 saturated heterocycles. The topological polar surface area (TPSA) is 251 Å². The molecule has 0 bridgehead atoms. The Hall–Kier alpha value is -4.65. The summed E-state index contributed by atoms with van der Waals surface area (Å²) in [4.78, 5) is 68.6. The number of oxime groups is 1. The molecule has 2 aliphatic heterocycles. The molecular formula is C24H20N10O7S4. The molecule has 3 aromatic rings. The molecule has 21 heteroatoms. The number of aromatic carboxylic acids is 1. The van der Waals surface area contributed by atoms with Gasteiger partial charge in [0.15, 0.2) is 15.9 Å². The quantitative estimate of drug-likeness (QED) is 0.0548. The maximum atomic E-state index is 13.3. The van der Waals surface area contributed by atoms with Crippen LogP contribution in [0.15, 0.2) is 32.9 Å². The van der Waals surface area contributed by atoms with Gasteiger partial charge in [0.25, 0.3) is 23.4 Å². The summed E-state index contributed by atoms with van der Waals surface area (Å²) in [5.74, 6) is -4.11. The first-order chi connectivity index (χ1) is 21.5. The molecule has 45 heavy (non-hydrogen) atoms. The number of nitrogens with zero attached hydrogens (tertiary/aromatic N) is 8. The molecule has 0 unspecified atom stereocenters. The number of anilines is 1. The van der Waals surface area contributed by atoms with E-state index < -0.39 is 41.0 Å². The number of rotatable bonds is 11. The van der Waals surface area contributed by atoms with Crippen LogP contribution in [0.3, 0.4) is 0 Å². The largest absolute Gasteiger partial charge is 0.477 e. The number of nitrogens with two attached hydrogens (primary N) is 1. The lowest BCUT2D eigenvalue weighted by atomic mass is 10.0. The smallest absolute Gasteiger partial charge is 0.375 e. The summed E-state index contributed by atoms with van der Waals surface area (Å²) in [5.41, 5.74) is 6.26. The van der Waals surface area contributed by atoms with Crippen LogP contribution in [0.25, 0.3) is 5.78 Å². The SMILES string of the molecule is Cc1cc(SCC2=C(C(=O)O)N3C(=O)[C@@H](NC(=O)C(=NOC(=S)CCC#N)c4csc(N)n4)[C@H]3SC2)n2nc(C(=O)O)nc2n1. The molecule has 2 atom stereocenters. The summed E-state index contributed by atoms with van der Waals surface area (Å²) in [7, 11) is 0. The van der Waals surface area contributed by atoms with Gasteiger partial charge in [0.2, 0.25) is 0 Å². The molecule has 0 aromatic carbocycles. The van der Waals surface area contributed by atoms with Crippen molar-refractivity contribution < 1.29 is 34.2 Å². The molecule has 0 saturated carbocycles. The number of aliphatic carboxylic acids is 1. The average molecular weight is 689 g/mol. The number of nitriles is 1. The second-order valence-corrected chi connectivity index (χ2v) is 12.7. The summed E-state index contributed by atoms with van der Waals surface area (Å²) >= 11 is 8.52. The standard InChI is InChI=1S/C24H20N10O7S4/c1-9-5-12(34-24(27-9)30-17(31-34)22(39)40)43-6-10-7-44-20-15(19(36)33(20)16(10)21(37)38)29-18(35)14(11-8-45-23(26)28-11)32-41-13(42)3-2-4-25/h5,8,15,20H,2-3,6-7H2,1H3,(H2,26,28)(H,29,35)(H,37,38)(H,39,40)/t15-,20-/m1/s1. The number of carboxylic acid groups (broad SMARTS) is 2. The third-order valence-corrected chi connectivity index (χ3v) is 9.56. The number of hydrogen-bond acceptors (Lipinski definition) is 16. The molecule has 1 fully saturated rings. The van der Waals surface area contributed by atoms with Crippen molar-refractivity contribution in [2.75, 3.05) is 17.2 Å². The number of amides is 2. The fourth-order valence-electron chi connectivity index (χ4n) is 4.21. The van der Waals surface area contributed by atoms with Crippen molar-refractivity contribution in [3.8, 4) is 6.07 Å². The number of thioether (sulfide) groups is 2. The molecule has 0 radical (unpaired) electrons. The van der Waals surface area contributed by atoms with Gasteiger partial charge in [-0.3, -0.25) is 14.5 Å². The Kier molecular flexibility index (Phi) is 9.28. The highest BCUT2D eigenvalue weighted by atomic mass is 32.2. The summed E-state index contributed by atoms with van der Waals surface area (Å²) in [6.45, 7) is 1.70. The lowest BCUT2D eigenvalue weighted by molar-refractivity contribution is -0.150. The fourth-order valence-corrected chi connectivity index (χ4v) is 7.44. The predicted molar refractivity (Wildman–Crippen MR) is 164 cm³/mol. The van der Waals surface area contributed by atoms with E-state index in [4.69, 9.17) is 28.1 Å². The Morgan fingerprint density at radius 3 is 2.76 bits per heavy atom. The Balaban J connectivity index is 1.33. The van der Waals surface area contributed by atoms with E-state index in [1.54, 1.807) is 13.0 Å². The normalized spacial score (nSPS) is 17.8. The minimum Gasteiger partial charge on any atom is -0.477 e. The second-order valence-electron chi connectivity index (χ2n) is 9.23. The highest BCUT2D eigenvalue weighted by molar-refractivity contribution is 8.01. The minimum absolute atomic E-state index is 0.0331. The van der Waals surface area contributed by atoms with Crippen LogP contribution in [0, 0.1) is 18.3 Å². The van der Waals surface area contributed by atoms with Crippen molar-refractivity contribution in [3.05, 3.63) is 39.9 Å². The van der Waals surface area contributed by atoms with Gasteiger partial charge in [0.05, 0.1) is 6.07 Å². The summed E-state index contributed by atoms with van der Waals surface area (Å²) < 4.78 is 1.26. The van der Waals surface area contributed by atoms with Crippen LogP contribution in [0.1, 0.15) is 34.8 Å². The number of hydrogen-bond donors (Lipinski definition) is 4. The highest BCUT2D eigenvalue weighted by Gasteiger charge is 2.54. The Bertz CT molecular complexity index is 1860. The molecule has 2 amide bonds. The molecule has 3 aromatic heterocycles. The van der Waals surface area contributed by atoms with Gasteiger partial charge in [-0.15, -0.1) is 40.0 Å². The van der Waals surface area contributed by atoms with E-state index in [2.05, 4.69) is 30.5 Å². The van der Waals surface area contributed by atoms with Crippen LogP contribution in [-0.4, -0.2) is 97.1 Å². The Labute approximate surface area is 270 Å². The third-order valence-electron chi connectivity index (χ3n) is 6.19. The van der Waals surface area contributed by atoms with Crippen molar-refractivity contribution in [1.82, 2.24) is 34.8 Å². The molecule has 17 nitrogen and oxygen atoms in total. The average Bonchev–Trinajstić information content (AvgIpc) is 3.63. The summed E-state index contributed by atoms with van der Waals surface area (Å²) in [5, 5.41) is 39.8. The first kappa shape index (κ1) is 31.8. The van der Waals surface area contributed by atoms with E-state index in [1.165, 1.54) is 33.4 Å². The monoisotopic (exact) mass is 688 g/mol. The van der Waals surface area contributed by atoms with Gasteiger partial charge in [-0.1, -0.05) is 5.16 Å². The number of carbonyl (C=O) groups excluding carboxylic acids is 2. The van der Waals surface area contributed by atoms with E-state index in [1.807, 2.05) is 6.07 Å². The van der Waals surface area contributed by atoms with E-state index >= 15 is 0 Å². The third kappa shape index (κ3) is 6.58. The maximum Gasteiger partial charge on any atom is 0.375 e. The number of nitrogens with one attached hydrogen (secondary N) is 1. The van der Waals surface area contributed by atoms with Crippen LogP contribution in [-0.2, 0) is 19.2 Å². The number of nitrogen functional groups attached to an aromatic ring is 1. The van der Waals surface area contributed by atoms with Crippen molar-refractivity contribution in [1.29, 1.82) is 5.26 Å². The minimum atomic E-state index is -1.32. The highest BCUT2D eigenvalue weighted by Crippen LogP contribution is 2.41. The number of carboxylic acids is 2. The van der Waals surface area contributed by atoms with Gasteiger partial charge in [-0.2, -0.15) is 14.8 Å². The van der Waals surface area contributed by atoms with Gasteiger partial charge in [-0.25, -0.2) is 19.6 Å². The van der Waals surface area contributed by atoms with Gasteiger partial charge in [0, 0.05) is 35.4 Å². The van der Waals surface area contributed by atoms with Gasteiger partial charge in [-0.05, 0) is 30.8 Å². The van der Waals surface area contributed by atoms with Crippen LogP contribution in [0.2, 0.25) is 0 Å². The first-order valence-corrected chi connectivity index (χ1v) is 16.0. The number of aryl methyl sites for hydroxylation is 1. The van der Waals surface area contributed by atoms with E-state index in [0.29, 0.717) is 16.3 Å². The van der Waals surface area contributed by atoms with Crippen molar-refractivity contribution in [2.24, 2.45) is 5.16 Å². The Morgan fingerprint density at radius 2 is 2.09 bits per heavy atom. The van der Waals surface area contributed by atoms with Crippen LogP contribution < -0.4 is 11.1 Å². The van der Waals surface area contributed by atoms with Crippen LogP contribution in [0.4, 0.5) is 5.13 Å². The molecule has 5 heterocycles. The molecule has 0 aliphatic carbocycles. The number of carbonyl (C=O) groups is 4. The summed E-state index contributed by atoms with van der Waals surface area (Å²) in [6.07, 6.45) is 0.195. The van der Waals surface area contributed by atoms with Gasteiger partial charge < -0.3 is 26.1 Å². The van der Waals surface area contributed by atoms with E-state index in [0.717, 1.165) is 16.2 Å². The Morgan fingerprint density at radius 1 is 1.31 bits per heavy atom. The molecule has 232 valence electrons. The van der Waals surface area contributed by atoms with Crippen LogP contribution >= 0.6 is 47.1 Å². The van der Waals surface area contributed by atoms with Crippen LogP contribution in [0.5, 0.6) is 0 Å². The molecule has 5 N–H and O–H groups in total. The zero-order valence-electron chi connectivity index (χ0n) is 22.9. The second kappa shape index (κ2) is 13.1. The van der Waals surface area contributed by atoms with Crippen molar-refractivity contribution >= 4 is 92.5 Å². The maximum absolute atomic E-state index is 13.3. The number of thiocarbonyl (C=S) groups is 1. The number of aromatic nitrogens is 5. The number of thiazole rings is 1. The number of β-lactam (4-membered cyclic amide) rings is 1. The van der Waals surface area contributed by atoms with Crippen molar-refractivity contribution in [2.45, 2.75) is 36.2 Å². The fraction of sp³-hybridized carbons (Fsp3) is 0.292. The lowest BCUT2D eigenvalue weighted by Crippen LogP contribution is -2.71. The predicted octanol–water partition coefficient (Wildman–Crippen LogP) is 1.05. The van der Waals surface area contributed by atoms with Gasteiger partial charge in [0.1, 0.15) is 27.8 Å². The zero-order valence-corrected chi connectivity index (χ0v) is 26.1. The van der Waals surface area contributed by atoms with Gasteiger partial charge >= 0.3 is 11.9 Å².